The van der Waals surface area contributed by atoms with Crippen molar-refractivity contribution < 1.29 is 23.9 Å². The number of fused-ring (bicyclic) bond motifs is 1. The van der Waals surface area contributed by atoms with Gasteiger partial charge in [0.15, 0.2) is 0 Å². The van der Waals surface area contributed by atoms with Gasteiger partial charge < -0.3 is 24.8 Å². The SMILES string of the molecule is O=C1CCC(N2Cc3c(OCCNC(=O)N4CCN(c5cccc(Cl)c5Cl)CC4)cccc3C2=O)C(=O)N1. The Balaban J connectivity index is 1.10. The maximum absolute atomic E-state index is 12.9. The number of piperazine rings is 1. The number of nitrogens with zero attached hydrogens (tertiary/aromatic N) is 3. The normalized spacial score (nSPS) is 19.4. The molecule has 3 aliphatic heterocycles. The van der Waals surface area contributed by atoms with Gasteiger partial charge in [-0.25, -0.2) is 4.79 Å². The molecule has 0 aromatic heterocycles. The first-order chi connectivity index (χ1) is 18.3. The van der Waals surface area contributed by atoms with Gasteiger partial charge in [-0.15, -0.1) is 0 Å². The zero-order valence-corrected chi connectivity index (χ0v) is 22.1. The van der Waals surface area contributed by atoms with E-state index in [0.29, 0.717) is 59.5 Å². The average molecular weight is 560 g/mol. The fraction of sp³-hybridized carbons (Fsp3) is 0.385. The van der Waals surface area contributed by atoms with Gasteiger partial charge in [0.25, 0.3) is 5.91 Å². The summed E-state index contributed by atoms with van der Waals surface area (Å²) in [5.74, 6) is -0.503. The molecule has 2 saturated heterocycles. The van der Waals surface area contributed by atoms with Crippen molar-refractivity contribution in [3.63, 3.8) is 0 Å². The first-order valence-corrected chi connectivity index (χ1v) is 13.2. The Hall–Kier alpha value is -3.50. The summed E-state index contributed by atoms with van der Waals surface area (Å²) in [6.45, 7) is 3.08. The molecule has 5 amide bonds. The molecule has 0 aliphatic carbocycles. The quantitative estimate of drug-likeness (QED) is 0.415. The predicted octanol–water partition coefficient (Wildman–Crippen LogP) is 2.67. The number of carbonyl (C=O) groups is 4. The van der Waals surface area contributed by atoms with E-state index >= 15 is 0 Å². The van der Waals surface area contributed by atoms with Crippen LogP contribution in [0.5, 0.6) is 5.75 Å². The van der Waals surface area contributed by atoms with Crippen molar-refractivity contribution in [1.29, 1.82) is 0 Å². The van der Waals surface area contributed by atoms with Crippen molar-refractivity contribution in [2.45, 2.75) is 25.4 Å². The third kappa shape index (κ3) is 5.23. The lowest BCUT2D eigenvalue weighted by Crippen LogP contribution is -2.52. The van der Waals surface area contributed by atoms with E-state index in [1.54, 1.807) is 29.2 Å². The third-order valence-corrected chi connectivity index (χ3v) is 7.82. The Kier molecular flexibility index (Phi) is 7.62. The second kappa shape index (κ2) is 11.1. The van der Waals surface area contributed by atoms with Crippen LogP contribution in [0, 0.1) is 0 Å². The molecular weight excluding hydrogens is 533 g/mol. The van der Waals surface area contributed by atoms with Gasteiger partial charge in [0.1, 0.15) is 18.4 Å². The molecule has 200 valence electrons. The van der Waals surface area contributed by atoms with E-state index in [-0.39, 0.29) is 44.0 Å². The average Bonchev–Trinajstić information content (AvgIpc) is 3.25. The number of amides is 5. The highest BCUT2D eigenvalue weighted by Gasteiger charge is 2.40. The summed E-state index contributed by atoms with van der Waals surface area (Å²) in [4.78, 5) is 54.7. The zero-order chi connectivity index (χ0) is 26.8. The lowest BCUT2D eigenvalue weighted by molar-refractivity contribution is -0.136. The molecule has 2 N–H and O–H groups in total. The molecule has 0 radical (unpaired) electrons. The van der Waals surface area contributed by atoms with Crippen LogP contribution >= 0.6 is 23.2 Å². The maximum Gasteiger partial charge on any atom is 0.317 e. The molecule has 2 aromatic carbocycles. The molecule has 3 heterocycles. The standard InChI is InChI=1S/C26H27Cl2N5O5/c27-18-4-2-5-19(23(18)28)31-10-12-32(13-11-31)26(37)29-9-14-38-21-6-1-3-16-17(21)15-33(25(16)36)20-7-8-22(34)30-24(20)35/h1-6,20H,7-15H2,(H,29,37)(H,30,34,35). The Morgan fingerprint density at radius 2 is 1.82 bits per heavy atom. The molecule has 1 atom stereocenters. The predicted molar refractivity (Wildman–Crippen MR) is 142 cm³/mol. The zero-order valence-electron chi connectivity index (χ0n) is 20.5. The minimum atomic E-state index is -0.685. The third-order valence-electron chi connectivity index (χ3n) is 7.01. The van der Waals surface area contributed by atoms with Crippen molar-refractivity contribution in [3.05, 3.63) is 57.6 Å². The Bertz CT molecular complexity index is 1280. The number of urea groups is 1. The van der Waals surface area contributed by atoms with E-state index in [2.05, 4.69) is 15.5 Å². The van der Waals surface area contributed by atoms with Crippen molar-refractivity contribution >= 4 is 52.6 Å². The Labute approximate surface area is 229 Å². The van der Waals surface area contributed by atoms with Gasteiger partial charge in [-0.3, -0.25) is 19.7 Å². The first kappa shape index (κ1) is 26.1. The highest BCUT2D eigenvalue weighted by molar-refractivity contribution is 6.43. The molecule has 3 aliphatic rings. The van der Waals surface area contributed by atoms with Crippen LogP contribution in [-0.2, 0) is 16.1 Å². The molecule has 38 heavy (non-hydrogen) atoms. The van der Waals surface area contributed by atoms with Crippen LogP contribution in [0.1, 0.15) is 28.8 Å². The molecule has 0 bridgehead atoms. The van der Waals surface area contributed by atoms with E-state index in [0.717, 1.165) is 5.69 Å². The summed E-state index contributed by atoms with van der Waals surface area (Å²) in [5, 5.41) is 6.19. The fourth-order valence-corrected chi connectivity index (χ4v) is 5.43. The Morgan fingerprint density at radius 1 is 1.05 bits per heavy atom. The van der Waals surface area contributed by atoms with E-state index in [4.69, 9.17) is 27.9 Å². The minimum Gasteiger partial charge on any atom is -0.491 e. The summed E-state index contributed by atoms with van der Waals surface area (Å²) in [6, 6.07) is 9.85. The maximum atomic E-state index is 12.9. The smallest absolute Gasteiger partial charge is 0.317 e. The lowest BCUT2D eigenvalue weighted by atomic mass is 10.0. The molecule has 10 nitrogen and oxygen atoms in total. The molecule has 5 rings (SSSR count). The number of nitrogens with one attached hydrogen (secondary N) is 2. The lowest BCUT2D eigenvalue weighted by Gasteiger charge is -2.36. The molecule has 2 aromatic rings. The topological polar surface area (TPSA) is 111 Å². The summed E-state index contributed by atoms with van der Waals surface area (Å²) in [6.07, 6.45) is 0.496. The number of anilines is 1. The number of imide groups is 1. The molecule has 0 spiro atoms. The molecule has 0 saturated carbocycles. The van der Waals surface area contributed by atoms with Crippen LogP contribution in [0.15, 0.2) is 36.4 Å². The van der Waals surface area contributed by atoms with Crippen LogP contribution in [0.4, 0.5) is 10.5 Å². The van der Waals surface area contributed by atoms with Crippen molar-refractivity contribution in [2.75, 3.05) is 44.2 Å². The van der Waals surface area contributed by atoms with Gasteiger partial charge in [0.2, 0.25) is 11.8 Å². The number of hydrogen-bond donors (Lipinski definition) is 2. The Morgan fingerprint density at radius 3 is 2.58 bits per heavy atom. The van der Waals surface area contributed by atoms with Gasteiger partial charge in [-0.05, 0) is 30.7 Å². The van der Waals surface area contributed by atoms with E-state index in [1.807, 2.05) is 12.1 Å². The van der Waals surface area contributed by atoms with E-state index < -0.39 is 11.9 Å². The number of hydrogen-bond acceptors (Lipinski definition) is 6. The second-order valence-electron chi connectivity index (χ2n) is 9.31. The summed E-state index contributed by atoms with van der Waals surface area (Å²) < 4.78 is 5.91. The first-order valence-electron chi connectivity index (χ1n) is 12.4. The highest BCUT2D eigenvalue weighted by atomic mass is 35.5. The van der Waals surface area contributed by atoms with Crippen LogP contribution in [0.25, 0.3) is 0 Å². The monoisotopic (exact) mass is 559 g/mol. The van der Waals surface area contributed by atoms with Gasteiger partial charge in [0, 0.05) is 43.7 Å². The van der Waals surface area contributed by atoms with Crippen molar-refractivity contribution in [3.8, 4) is 5.75 Å². The molecule has 2 fully saturated rings. The number of ether oxygens (including phenoxy) is 1. The summed E-state index contributed by atoms with van der Waals surface area (Å²) >= 11 is 12.5. The van der Waals surface area contributed by atoms with Crippen LogP contribution in [0.3, 0.4) is 0 Å². The van der Waals surface area contributed by atoms with Crippen molar-refractivity contribution in [2.24, 2.45) is 0 Å². The van der Waals surface area contributed by atoms with Gasteiger partial charge in [0.05, 0.1) is 28.8 Å². The molecule has 1 unspecified atom stereocenters. The molecular formula is C26H27Cl2N5O5. The molecule has 12 heteroatoms. The largest absolute Gasteiger partial charge is 0.491 e. The summed E-state index contributed by atoms with van der Waals surface area (Å²) in [7, 11) is 0. The van der Waals surface area contributed by atoms with E-state index in [1.165, 1.54) is 4.90 Å². The number of rotatable bonds is 6. The van der Waals surface area contributed by atoms with Gasteiger partial charge >= 0.3 is 6.03 Å². The number of halogens is 2. The van der Waals surface area contributed by atoms with E-state index in [9.17, 15) is 19.2 Å². The minimum absolute atomic E-state index is 0.178. The van der Waals surface area contributed by atoms with Crippen LogP contribution in [-0.4, -0.2) is 78.9 Å². The highest BCUT2D eigenvalue weighted by Crippen LogP contribution is 2.34. The van der Waals surface area contributed by atoms with Crippen LogP contribution < -0.4 is 20.3 Å². The number of piperidine rings is 1. The number of benzene rings is 2. The van der Waals surface area contributed by atoms with Gasteiger partial charge in [-0.2, -0.15) is 0 Å². The second-order valence-corrected chi connectivity index (χ2v) is 10.1. The fourth-order valence-electron chi connectivity index (χ4n) is 5.01. The van der Waals surface area contributed by atoms with Crippen LogP contribution in [0.2, 0.25) is 10.0 Å². The number of carbonyl (C=O) groups excluding carboxylic acids is 4. The summed E-state index contributed by atoms with van der Waals surface area (Å²) in [5.41, 5.74) is 2.04. The van der Waals surface area contributed by atoms with Crippen molar-refractivity contribution in [1.82, 2.24) is 20.4 Å². The van der Waals surface area contributed by atoms with Gasteiger partial charge in [-0.1, -0.05) is 35.3 Å².